The van der Waals surface area contributed by atoms with E-state index in [-0.39, 0.29) is 23.3 Å². The van der Waals surface area contributed by atoms with Crippen molar-refractivity contribution in [3.63, 3.8) is 0 Å². The highest BCUT2D eigenvalue weighted by Gasteiger charge is 2.39. The monoisotopic (exact) mass is 301 g/mol. The number of benzene rings is 1. The molecule has 3 N–H and O–H groups in total. The van der Waals surface area contributed by atoms with Crippen molar-refractivity contribution in [2.45, 2.75) is 39.3 Å². The fourth-order valence-electron chi connectivity index (χ4n) is 3.22. The normalized spacial score (nSPS) is 22.8. The molecule has 22 heavy (non-hydrogen) atoms. The van der Waals surface area contributed by atoms with Gasteiger partial charge in [0, 0.05) is 25.1 Å². The Kier molecular flexibility index (Phi) is 3.91. The fourth-order valence-corrected chi connectivity index (χ4v) is 3.22. The number of fused-ring (bicyclic) bond motifs is 1. The molecule has 5 heteroatoms. The summed E-state index contributed by atoms with van der Waals surface area (Å²) in [5, 5.41) is 9.22. The van der Waals surface area contributed by atoms with E-state index in [0.29, 0.717) is 18.5 Å². The van der Waals surface area contributed by atoms with Crippen molar-refractivity contribution < 1.29 is 9.59 Å². The van der Waals surface area contributed by atoms with Gasteiger partial charge in [-0.25, -0.2) is 0 Å². The van der Waals surface area contributed by atoms with Gasteiger partial charge >= 0.3 is 0 Å². The number of hydrogen-bond donors (Lipinski definition) is 3. The number of rotatable bonds is 3. The van der Waals surface area contributed by atoms with E-state index in [4.69, 9.17) is 0 Å². The summed E-state index contributed by atoms with van der Waals surface area (Å²) < 4.78 is 0. The minimum absolute atomic E-state index is 0.00854. The summed E-state index contributed by atoms with van der Waals surface area (Å²) in [5.74, 6) is -0.0104. The van der Waals surface area contributed by atoms with Gasteiger partial charge in [-0.2, -0.15) is 0 Å². The van der Waals surface area contributed by atoms with Crippen molar-refractivity contribution in [2.24, 2.45) is 5.41 Å². The lowest BCUT2D eigenvalue weighted by Gasteiger charge is -2.25. The topological polar surface area (TPSA) is 70.2 Å². The highest BCUT2D eigenvalue weighted by molar-refractivity contribution is 5.94. The maximum Gasteiger partial charge on any atom is 0.251 e. The maximum absolute atomic E-state index is 12.3. The van der Waals surface area contributed by atoms with Crippen LogP contribution >= 0.6 is 0 Å². The molecule has 0 saturated carbocycles. The van der Waals surface area contributed by atoms with Crippen LogP contribution in [-0.2, 0) is 17.8 Å². The lowest BCUT2D eigenvalue weighted by atomic mass is 9.85. The van der Waals surface area contributed by atoms with Gasteiger partial charge in [0.25, 0.3) is 5.91 Å². The van der Waals surface area contributed by atoms with E-state index in [1.807, 2.05) is 32.0 Å². The second-order valence-electron chi connectivity index (χ2n) is 6.91. The molecule has 2 amide bonds. The van der Waals surface area contributed by atoms with Crippen molar-refractivity contribution in [3.8, 4) is 0 Å². The number of nitrogens with one attached hydrogen (secondary N) is 3. The first-order valence-electron chi connectivity index (χ1n) is 7.86. The van der Waals surface area contributed by atoms with Crippen molar-refractivity contribution in [2.75, 3.05) is 13.1 Å². The highest BCUT2D eigenvalue weighted by atomic mass is 16.2. The SMILES string of the molecule is CC1(C)CC(=O)NC1CNC(=O)c1ccc2c(c1)CCNC2. The van der Waals surface area contributed by atoms with Gasteiger partial charge in [0.1, 0.15) is 0 Å². The zero-order valence-electron chi connectivity index (χ0n) is 13.2. The van der Waals surface area contributed by atoms with Gasteiger partial charge in [-0.15, -0.1) is 0 Å². The maximum atomic E-state index is 12.3. The first-order valence-corrected chi connectivity index (χ1v) is 7.86. The first-order chi connectivity index (χ1) is 10.5. The standard InChI is InChI=1S/C17H23N3O2/c1-17(2)8-15(21)20-14(17)10-19-16(22)12-3-4-13-9-18-6-5-11(13)7-12/h3-4,7,14,18H,5-6,8-10H2,1-2H3,(H,19,22)(H,20,21). The van der Waals surface area contributed by atoms with Crippen LogP contribution in [0.1, 0.15) is 41.8 Å². The Morgan fingerprint density at radius 2 is 2.18 bits per heavy atom. The molecule has 5 nitrogen and oxygen atoms in total. The summed E-state index contributed by atoms with van der Waals surface area (Å²) in [5.41, 5.74) is 3.10. The molecule has 2 heterocycles. The Morgan fingerprint density at radius 1 is 1.36 bits per heavy atom. The summed E-state index contributed by atoms with van der Waals surface area (Å²) >= 11 is 0. The van der Waals surface area contributed by atoms with E-state index in [0.717, 1.165) is 19.5 Å². The predicted molar refractivity (Wildman–Crippen MR) is 84.5 cm³/mol. The summed E-state index contributed by atoms with van der Waals surface area (Å²) in [7, 11) is 0. The average Bonchev–Trinajstić information content (AvgIpc) is 2.76. The lowest BCUT2D eigenvalue weighted by Crippen LogP contribution is -2.44. The van der Waals surface area contributed by atoms with Crippen molar-refractivity contribution >= 4 is 11.8 Å². The van der Waals surface area contributed by atoms with Gasteiger partial charge in [0.05, 0.1) is 6.04 Å². The van der Waals surface area contributed by atoms with Crippen molar-refractivity contribution in [1.29, 1.82) is 0 Å². The molecule has 2 aliphatic heterocycles. The van der Waals surface area contributed by atoms with Gasteiger partial charge in [-0.3, -0.25) is 9.59 Å². The number of amides is 2. The van der Waals surface area contributed by atoms with Gasteiger partial charge in [-0.1, -0.05) is 19.9 Å². The minimum Gasteiger partial charge on any atom is -0.351 e. The molecule has 0 bridgehead atoms. The van der Waals surface area contributed by atoms with Crippen LogP contribution in [0.2, 0.25) is 0 Å². The number of carbonyl (C=O) groups excluding carboxylic acids is 2. The van der Waals surface area contributed by atoms with Gasteiger partial charge in [0.15, 0.2) is 0 Å². The van der Waals surface area contributed by atoms with E-state index in [1.54, 1.807) is 0 Å². The predicted octanol–water partition coefficient (Wildman–Crippen LogP) is 0.977. The summed E-state index contributed by atoms with van der Waals surface area (Å²) in [6, 6.07) is 5.88. The molecular formula is C17H23N3O2. The summed E-state index contributed by atoms with van der Waals surface area (Å²) in [6.07, 6.45) is 1.47. The average molecular weight is 301 g/mol. The Balaban J connectivity index is 1.64. The second-order valence-corrected chi connectivity index (χ2v) is 6.91. The van der Waals surface area contributed by atoms with Crippen LogP contribution in [0.15, 0.2) is 18.2 Å². The van der Waals surface area contributed by atoms with Gasteiger partial charge in [-0.05, 0) is 41.6 Å². The minimum atomic E-state index is -0.119. The summed E-state index contributed by atoms with van der Waals surface area (Å²) in [4.78, 5) is 23.9. The van der Waals surface area contributed by atoms with E-state index >= 15 is 0 Å². The van der Waals surface area contributed by atoms with Gasteiger partial charge < -0.3 is 16.0 Å². The molecule has 1 fully saturated rings. The molecule has 1 aromatic rings. The Bertz CT molecular complexity index is 610. The van der Waals surface area contributed by atoms with Crippen LogP contribution < -0.4 is 16.0 Å². The van der Waals surface area contributed by atoms with Crippen LogP contribution in [0.5, 0.6) is 0 Å². The molecule has 1 unspecified atom stereocenters. The fraction of sp³-hybridized carbons (Fsp3) is 0.529. The third kappa shape index (κ3) is 2.99. The Labute approximate surface area is 130 Å². The van der Waals surface area contributed by atoms with Crippen LogP contribution in [0.25, 0.3) is 0 Å². The molecule has 118 valence electrons. The third-order valence-corrected chi connectivity index (χ3v) is 4.72. The zero-order chi connectivity index (χ0) is 15.7. The molecule has 1 saturated heterocycles. The van der Waals surface area contributed by atoms with Crippen LogP contribution in [0.3, 0.4) is 0 Å². The molecule has 0 spiro atoms. The molecule has 3 rings (SSSR count). The van der Waals surface area contributed by atoms with Crippen molar-refractivity contribution in [3.05, 3.63) is 34.9 Å². The summed E-state index contributed by atoms with van der Waals surface area (Å²) in [6.45, 7) is 6.40. The lowest BCUT2D eigenvalue weighted by molar-refractivity contribution is -0.119. The van der Waals surface area contributed by atoms with Crippen LogP contribution in [0, 0.1) is 5.41 Å². The van der Waals surface area contributed by atoms with Crippen molar-refractivity contribution in [1.82, 2.24) is 16.0 Å². The van der Waals surface area contributed by atoms with E-state index in [9.17, 15) is 9.59 Å². The largest absolute Gasteiger partial charge is 0.351 e. The van der Waals surface area contributed by atoms with Crippen LogP contribution in [0.4, 0.5) is 0 Å². The van der Waals surface area contributed by atoms with E-state index in [2.05, 4.69) is 16.0 Å². The molecule has 1 aromatic carbocycles. The molecule has 2 aliphatic rings. The smallest absolute Gasteiger partial charge is 0.251 e. The number of hydrogen-bond acceptors (Lipinski definition) is 3. The molecular weight excluding hydrogens is 278 g/mol. The van der Waals surface area contributed by atoms with Crippen LogP contribution in [-0.4, -0.2) is 30.9 Å². The second kappa shape index (κ2) is 5.72. The highest BCUT2D eigenvalue weighted by Crippen LogP contribution is 2.30. The van der Waals surface area contributed by atoms with E-state index in [1.165, 1.54) is 11.1 Å². The Hall–Kier alpha value is -1.88. The zero-order valence-corrected chi connectivity index (χ0v) is 13.2. The molecule has 1 atom stereocenters. The molecule has 0 radical (unpaired) electrons. The molecule has 0 aliphatic carbocycles. The Morgan fingerprint density at radius 3 is 2.91 bits per heavy atom. The molecule has 0 aromatic heterocycles. The third-order valence-electron chi connectivity index (χ3n) is 4.72. The van der Waals surface area contributed by atoms with E-state index < -0.39 is 0 Å². The van der Waals surface area contributed by atoms with Gasteiger partial charge in [0.2, 0.25) is 5.91 Å². The first kappa shape index (κ1) is 15.0. The quantitative estimate of drug-likeness (QED) is 0.779. The number of carbonyl (C=O) groups is 2.